The monoisotopic (exact) mass is 706 g/mol. The number of anilines is 2. The molecule has 0 atom stereocenters. The van der Waals surface area contributed by atoms with Gasteiger partial charge in [0.25, 0.3) is 5.95 Å². The number of carboxylic acid groups (broad SMARTS) is 1. The van der Waals surface area contributed by atoms with Crippen molar-refractivity contribution < 1.29 is 58.7 Å². The minimum absolute atomic E-state index is 0. The van der Waals surface area contributed by atoms with Gasteiger partial charge in [0.05, 0.1) is 17.5 Å². The van der Waals surface area contributed by atoms with Gasteiger partial charge in [0, 0.05) is 31.7 Å². The fraction of sp³-hybridized carbons (Fsp3) is 0.483. The van der Waals surface area contributed by atoms with Crippen molar-refractivity contribution in [2.45, 2.75) is 71.7 Å². The summed E-state index contributed by atoms with van der Waals surface area (Å²) in [5.41, 5.74) is -2.89. The van der Waals surface area contributed by atoms with E-state index in [-0.39, 0.29) is 61.7 Å². The molecule has 0 unspecified atom stereocenters. The maximum atomic E-state index is 13.2. The van der Waals surface area contributed by atoms with Crippen LogP contribution in [0.3, 0.4) is 0 Å². The summed E-state index contributed by atoms with van der Waals surface area (Å²) < 4.78 is 127. The zero-order valence-electron chi connectivity index (χ0n) is 25.2. The molecule has 1 heterocycles. The summed E-state index contributed by atoms with van der Waals surface area (Å²) >= 11 is 0. The van der Waals surface area contributed by atoms with Gasteiger partial charge in [-0.3, -0.25) is 4.79 Å². The number of aryl methyl sites for hydroxylation is 2. The standard InChI is InChI=1S/C29H31F9N4O4.ClH/c1-4-42(10-9-26(2,3)15-24(43)44)22-7-6-21(45-29(36,37)38)13-18(22)16-39-25-40-23(46-41-25)8-5-17-11-19(27(30,31)32)14-20(12-17)28(33,34)35;/h6-7,11-14H,4-5,8-10,15-16H2,1-3H3,(H,39,41)(H,43,44);1H. The highest BCUT2D eigenvalue weighted by Crippen LogP contribution is 2.37. The molecule has 1 aromatic heterocycles. The third kappa shape index (κ3) is 12.3. The zero-order chi connectivity index (χ0) is 34.5. The molecule has 0 fully saturated rings. The van der Waals surface area contributed by atoms with Crippen molar-refractivity contribution in [1.82, 2.24) is 10.1 Å². The third-order valence-electron chi connectivity index (χ3n) is 6.88. The molecule has 3 aromatic rings. The Balaban J connectivity index is 0.00000768. The number of benzene rings is 2. The fourth-order valence-electron chi connectivity index (χ4n) is 4.61. The molecule has 3 rings (SSSR count). The number of ether oxygens (including phenoxy) is 1. The molecule has 0 saturated carbocycles. The second-order valence-electron chi connectivity index (χ2n) is 11.2. The second kappa shape index (κ2) is 15.3. The average Bonchev–Trinajstić information content (AvgIpc) is 3.37. The van der Waals surface area contributed by atoms with Gasteiger partial charge in [-0.25, -0.2) is 0 Å². The number of halogens is 10. The molecule has 2 N–H and O–H groups in total. The van der Waals surface area contributed by atoms with E-state index < -0.39 is 47.0 Å². The van der Waals surface area contributed by atoms with Gasteiger partial charge in [-0.1, -0.05) is 13.8 Å². The van der Waals surface area contributed by atoms with E-state index in [0.717, 1.165) is 12.1 Å². The van der Waals surface area contributed by atoms with Crippen molar-refractivity contribution in [3.8, 4) is 5.75 Å². The maximum absolute atomic E-state index is 13.2. The van der Waals surface area contributed by atoms with E-state index >= 15 is 0 Å². The summed E-state index contributed by atoms with van der Waals surface area (Å²) in [5, 5.41) is 15.7. The van der Waals surface area contributed by atoms with Gasteiger partial charge in [0.1, 0.15) is 5.75 Å². The molecule has 0 aliphatic carbocycles. The van der Waals surface area contributed by atoms with Crippen molar-refractivity contribution in [1.29, 1.82) is 0 Å². The number of alkyl halides is 9. The van der Waals surface area contributed by atoms with E-state index in [1.807, 2.05) is 11.8 Å². The van der Waals surface area contributed by atoms with Gasteiger partial charge in [-0.05, 0) is 77.9 Å². The first-order valence-corrected chi connectivity index (χ1v) is 13.9. The molecule has 262 valence electrons. The molecule has 0 bridgehead atoms. The summed E-state index contributed by atoms with van der Waals surface area (Å²) in [4.78, 5) is 17.1. The van der Waals surface area contributed by atoms with Gasteiger partial charge in [0.15, 0.2) is 0 Å². The molecule has 0 amide bonds. The van der Waals surface area contributed by atoms with Crippen LogP contribution in [0.1, 0.15) is 61.8 Å². The summed E-state index contributed by atoms with van der Waals surface area (Å²) in [6.07, 6.45) is -15.1. The molecular weight excluding hydrogens is 675 g/mol. The lowest BCUT2D eigenvalue weighted by Crippen LogP contribution is -2.30. The lowest BCUT2D eigenvalue weighted by atomic mass is 9.85. The SMILES string of the molecule is CCN(CCC(C)(C)CC(=O)O)c1ccc(OC(F)(F)F)cc1CNc1noc(CCc2cc(C(F)(F)F)cc(C(F)(F)F)c2)n1.Cl. The zero-order valence-corrected chi connectivity index (χ0v) is 26.1. The highest BCUT2D eigenvalue weighted by Gasteiger charge is 2.37. The fourth-order valence-corrected chi connectivity index (χ4v) is 4.61. The van der Waals surface area contributed by atoms with Crippen LogP contribution in [0.2, 0.25) is 0 Å². The van der Waals surface area contributed by atoms with E-state index in [1.165, 1.54) is 6.07 Å². The van der Waals surface area contributed by atoms with E-state index in [0.29, 0.717) is 42.9 Å². The molecule has 0 saturated heterocycles. The van der Waals surface area contributed by atoms with Crippen molar-refractivity contribution in [2.75, 3.05) is 23.3 Å². The molecule has 47 heavy (non-hydrogen) atoms. The Labute approximate surface area is 269 Å². The van der Waals surface area contributed by atoms with Crippen LogP contribution in [0.15, 0.2) is 40.9 Å². The van der Waals surface area contributed by atoms with Crippen LogP contribution in [-0.2, 0) is 36.5 Å². The Morgan fingerprint density at radius 1 is 0.957 bits per heavy atom. The number of nitrogens with one attached hydrogen (secondary N) is 1. The van der Waals surface area contributed by atoms with Crippen molar-refractivity contribution in [3.63, 3.8) is 0 Å². The van der Waals surface area contributed by atoms with E-state index in [2.05, 4.69) is 20.2 Å². The van der Waals surface area contributed by atoms with Crippen LogP contribution in [0.25, 0.3) is 0 Å². The molecule has 18 heteroatoms. The maximum Gasteiger partial charge on any atom is 0.573 e. The minimum Gasteiger partial charge on any atom is -0.481 e. The van der Waals surface area contributed by atoms with Gasteiger partial charge in [0.2, 0.25) is 5.89 Å². The number of rotatable bonds is 14. The number of hydrogen-bond donors (Lipinski definition) is 2. The first kappa shape index (κ1) is 39.3. The largest absolute Gasteiger partial charge is 0.573 e. The Bertz CT molecular complexity index is 1460. The molecule has 0 spiro atoms. The quantitative estimate of drug-likeness (QED) is 0.161. The van der Waals surface area contributed by atoms with Crippen LogP contribution in [0.5, 0.6) is 5.75 Å². The molecule has 0 aliphatic rings. The van der Waals surface area contributed by atoms with Crippen molar-refractivity contribution in [2.24, 2.45) is 5.41 Å². The molecule has 8 nitrogen and oxygen atoms in total. The number of carbonyl (C=O) groups is 1. The minimum atomic E-state index is -5.00. The first-order valence-electron chi connectivity index (χ1n) is 13.9. The average molecular weight is 707 g/mol. The van der Waals surface area contributed by atoms with Crippen LogP contribution < -0.4 is 15.0 Å². The van der Waals surface area contributed by atoms with E-state index in [9.17, 15) is 49.4 Å². The van der Waals surface area contributed by atoms with Gasteiger partial charge >= 0.3 is 24.7 Å². The number of carboxylic acids is 1. The summed E-state index contributed by atoms with van der Waals surface area (Å²) in [5.74, 6) is -1.71. The number of aliphatic carboxylic acids is 1. The Morgan fingerprint density at radius 3 is 2.11 bits per heavy atom. The molecule has 0 radical (unpaired) electrons. The summed E-state index contributed by atoms with van der Waals surface area (Å²) in [6.45, 7) is 6.05. The van der Waals surface area contributed by atoms with Crippen molar-refractivity contribution >= 4 is 30.0 Å². The van der Waals surface area contributed by atoms with E-state index in [1.54, 1.807) is 13.8 Å². The normalized spacial score (nSPS) is 12.4. The summed E-state index contributed by atoms with van der Waals surface area (Å²) in [6, 6.07) is 4.96. The van der Waals surface area contributed by atoms with Crippen LogP contribution in [-0.4, -0.2) is 40.7 Å². The summed E-state index contributed by atoms with van der Waals surface area (Å²) in [7, 11) is 0. The smallest absolute Gasteiger partial charge is 0.481 e. The topological polar surface area (TPSA) is 101 Å². The van der Waals surface area contributed by atoms with E-state index in [4.69, 9.17) is 4.52 Å². The van der Waals surface area contributed by atoms with Gasteiger partial charge in [-0.2, -0.15) is 31.3 Å². The Kier molecular flexibility index (Phi) is 12.8. The number of hydrogen-bond acceptors (Lipinski definition) is 7. The molecule has 0 aliphatic heterocycles. The lowest BCUT2D eigenvalue weighted by molar-refractivity contribution is -0.274. The first-order chi connectivity index (χ1) is 21.1. The third-order valence-corrected chi connectivity index (χ3v) is 6.88. The van der Waals surface area contributed by atoms with Crippen LogP contribution in [0, 0.1) is 5.41 Å². The second-order valence-corrected chi connectivity index (χ2v) is 11.2. The molecular formula is C29H32ClF9N4O4. The number of aromatic nitrogens is 2. The van der Waals surface area contributed by atoms with Gasteiger partial charge in [-0.15, -0.1) is 25.6 Å². The van der Waals surface area contributed by atoms with Crippen LogP contribution in [0.4, 0.5) is 51.1 Å². The Morgan fingerprint density at radius 2 is 1.57 bits per heavy atom. The lowest BCUT2D eigenvalue weighted by Gasteiger charge is -2.30. The highest BCUT2D eigenvalue weighted by molar-refractivity contribution is 5.85. The van der Waals surface area contributed by atoms with Gasteiger partial charge < -0.3 is 24.6 Å². The predicted molar refractivity (Wildman–Crippen MR) is 154 cm³/mol. The number of nitrogens with zero attached hydrogens (tertiary/aromatic N) is 3. The molecule has 2 aromatic carbocycles. The van der Waals surface area contributed by atoms with Crippen molar-refractivity contribution in [3.05, 3.63) is 64.5 Å². The van der Waals surface area contributed by atoms with Crippen LogP contribution >= 0.6 is 12.4 Å². The highest BCUT2D eigenvalue weighted by atomic mass is 35.5. The predicted octanol–water partition coefficient (Wildman–Crippen LogP) is 8.54. The Hall–Kier alpha value is -3.89.